The van der Waals surface area contributed by atoms with Crippen LogP contribution in [0, 0.1) is 0 Å². The number of carbonyl (C=O) groups excluding carboxylic acids is 2. The summed E-state index contributed by atoms with van der Waals surface area (Å²) in [5.74, 6) is -1.07. The maximum absolute atomic E-state index is 13.6. The molecule has 11 heteroatoms. The molecule has 1 aliphatic heterocycles. The highest BCUT2D eigenvalue weighted by molar-refractivity contribution is 5.98. The quantitative estimate of drug-likeness (QED) is 0.583. The summed E-state index contributed by atoms with van der Waals surface area (Å²) in [7, 11) is 0. The number of nitrogens with two attached hydrogens (primary N) is 1. The molecule has 1 aromatic rings. The topological polar surface area (TPSA) is 87.9 Å². The molecule has 3 rings (SSSR count). The van der Waals surface area contributed by atoms with E-state index in [1.165, 1.54) is 21.9 Å². The standard InChI is InChI=1S/C19H24F4N4O3/c20-16(21)9-27(12-2-3-12)15(8-24)19(29)25-11-1-4-14(13(7-11)18(22)23)26-5-6-30-10-17(26)28/h1,4,7,12,15-16,18H,2-3,5-6,8-10,24H2,(H,25,29)/t15-/m0/s1. The second kappa shape index (κ2) is 9.71. The van der Waals surface area contributed by atoms with Crippen molar-refractivity contribution in [3.63, 3.8) is 0 Å². The molecule has 30 heavy (non-hydrogen) atoms. The summed E-state index contributed by atoms with van der Waals surface area (Å²) in [5, 5.41) is 2.50. The molecule has 1 aromatic carbocycles. The van der Waals surface area contributed by atoms with Gasteiger partial charge in [0.1, 0.15) is 12.6 Å². The van der Waals surface area contributed by atoms with Crippen molar-refractivity contribution in [1.29, 1.82) is 0 Å². The fraction of sp³-hybridized carbons (Fsp3) is 0.579. The van der Waals surface area contributed by atoms with E-state index in [9.17, 15) is 27.2 Å². The van der Waals surface area contributed by atoms with Crippen molar-refractivity contribution in [3.8, 4) is 0 Å². The summed E-state index contributed by atoms with van der Waals surface area (Å²) >= 11 is 0. The first-order valence-corrected chi connectivity index (χ1v) is 9.66. The Morgan fingerprint density at radius 2 is 2.03 bits per heavy atom. The van der Waals surface area contributed by atoms with Crippen LogP contribution >= 0.6 is 0 Å². The number of halogens is 4. The fourth-order valence-corrected chi connectivity index (χ4v) is 3.54. The molecule has 0 unspecified atom stereocenters. The van der Waals surface area contributed by atoms with Crippen LogP contribution in [0.5, 0.6) is 0 Å². The van der Waals surface area contributed by atoms with Gasteiger partial charge in [0.05, 0.1) is 18.8 Å². The van der Waals surface area contributed by atoms with E-state index in [1.54, 1.807) is 0 Å². The molecule has 1 saturated heterocycles. The van der Waals surface area contributed by atoms with Crippen molar-refractivity contribution in [2.24, 2.45) is 5.73 Å². The molecule has 1 aliphatic carbocycles. The van der Waals surface area contributed by atoms with Crippen LogP contribution in [0.4, 0.5) is 28.9 Å². The van der Waals surface area contributed by atoms with E-state index in [-0.39, 0.29) is 43.7 Å². The molecule has 2 fully saturated rings. The molecule has 1 atom stereocenters. The normalized spacial score (nSPS) is 18.4. The van der Waals surface area contributed by atoms with E-state index in [4.69, 9.17) is 10.5 Å². The lowest BCUT2D eigenvalue weighted by Gasteiger charge is -2.30. The van der Waals surface area contributed by atoms with Gasteiger partial charge in [0.25, 0.3) is 18.8 Å². The highest BCUT2D eigenvalue weighted by atomic mass is 19.3. The van der Waals surface area contributed by atoms with Crippen molar-refractivity contribution in [3.05, 3.63) is 23.8 Å². The Balaban J connectivity index is 1.78. The number of anilines is 2. The lowest BCUT2D eigenvalue weighted by Crippen LogP contribution is -2.51. The number of nitrogens with zero attached hydrogens (tertiary/aromatic N) is 2. The zero-order chi connectivity index (χ0) is 21.8. The molecular formula is C19H24F4N4O3. The van der Waals surface area contributed by atoms with Crippen molar-refractivity contribution in [2.75, 3.05) is 43.1 Å². The van der Waals surface area contributed by atoms with Gasteiger partial charge in [0, 0.05) is 30.4 Å². The number of carbonyl (C=O) groups is 2. The second-order valence-electron chi connectivity index (χ2n) is 7.23. The number of alkyl halides is 4. The van der Waals surface area contributed by atoms with Crippen LogP contribution in [-0.4, -0.2) is 68.1 Å². The largest absolute Gasteiger partial charge is 0.370 e. The molecule has 2 aliphatic rings. The average molecular weight is 432 g/mol. The van der Waals surface area contributed by atoms with Crippen LogP contribution in [-0.2, 0) is 14.3 Å². The minimum Gasteiger partial charge on any atom is -0.370 e. The van der Waals surface area contributed by atoms with Gasteiger partial charge in [0.2, 0.25) is 5.91 Å². The number of hydrogen-bond donors (Lipinski definition) is 2. The van der Waals surface area contributed by atoms with Gasteiger partial charge in [-0.05, 0) is 31.0 Å². The van der Waals surface area contributed by atoms with Crippen LogP contribution in [0.3, 0.4) is 0 Å². The Hall–Kier alpha value is -2.24. The van der Waals surface area contributed by atoms with Crippen LogP contribution in [0.2, 0.25) is 0 Å². The highest BCUT2D eigenvalue weighted by Gasteiger charge is 2.38. The molecule has 3 N–H and O–H groups in total. The SMILES string of the molecule is NC[C@@H](C(=O)Nc1ccc(N2CCOCC2=O)c(C(F)F)c1)N(CC(F)F)C1CC1. The Kier molecular flexibility index (Phi) is 7.27. The fourth-order valence-electron chi connectivity index (χ4n) is 3.54. The van der Waals surface area contributed by atoms with E-state index < -0.39 is 42.8 Å². The molecule has 2 amide bonds. The van der Waals surface area contributed by atoms with E-state index in [2.05, 4.69) is 5.32 Å². The summed E-state index contributed by atoms with van der Waals surface area (Å²) in [6, 6.07) is 2.68. The smallest absolute Gasteiger partial charge is 0.265 e. The zero-order valence-corrected chi connectivity index (χ0v) is 16.2. The molecule has 0 radical (unpaired) electrons. The molecule has 1 heterocycles. The first kappa shape index (κ1) is 22.4. The van der Waals surface area contributed by atoms with Crippen molar-refractivity contribution in [1.82, 2.24) is 4.90 Å². The van der Waals surface area contributed by atoms with E-state index in [0.29, 0.717) is 12.8 Å². The van der Waals surface area contributed by atoms with E-state index in [1.807, 2.05) is 0 Å². The zero-order valence-electron chi connectivity index (χ0n) is 16.2. The third-order valence-corrected chi connectivity index (χ3v) is 5.10. The molecule has 0 bridgehead atoms. The van der Waals surface area contributed by atoms with Crippen molar-refractivity contribution in [2.45, 2.75) is 37.8 Å². The average Bonchev–Trinajstić information content (AvgIpc) is 3.53. The third kappa shape index (κ3) is 5.27. The summed E-state index contributed by atoms with van der Waals surface area (Å²) < 4.78 is 58.1. The number of amides is 2. The maximum atomic E-state index is 13.6. The number of morpholine rings is 1. The Morgan fingerprint density at radius 1 is 1.30 bits per heavy atom. The predicted molar refractivity (Wildman–Crippen MR) is 102 cm³/mol. The first-order chi connectivity index (χ1) is 14.3. The van der Waals surface area contributed by atoms with Gasteiger partial charge in [-0.3, -0.25) is 14.5 Å². The van der Waals surface area contributed by atoms with E-state index >= 15 is 0 Å². The lowest BCUT2D eigenvalue weighted by molar-refractivity contribution is -0.125. The van der Waals surface area contributed by atoms with Crippen LogP contribution in [0.1, 0.15) is 24.8 Å². The predicted octanol–water partition coefficient (Wildman–Crippen LogP) is 1.98. The summed E-state index contributed by atoms with van der Waals surface area (Å²) in [6.45, 7) is -0.590. The van der Waals surface area contributed by atoms with Gasteiger partial charge in [0.15, 0.2) is 0 Å². The lowest BCUT2D eigenvalue weighted by atomic mass is 10.1. The Labute approximate surface area is 171 Å². The molecule has 0 aromatic heterocycles. The number of ether oxygens (including phenoxy) is 1. The number of rotatable bonds is 9. The summed E-state index contributed by atoms with van der Waals surface area (Å²) in [4.78, 5) is 27.3. The molecule has 166 valence electrons. The maximum Gasteiger partial charge on any atom is 0.265 e. The van der Waals surface area contributed by atoms with Gasteiger partial charge in [-0.2, -0.15) is 0 Å². The highest BCUT2D eigenvalue weighted by Crippen LogP contribution is 2.34. The van der Waals surface area contributed by atoms with Gasteiger partial charge in [-0.15, -0.1) is 0 Å². The minimum atomic E-state index is -2.89. The van der Waals surface area contributed by atoms with Gasteiger partial charge >= 0.3 is 0 Å². The minimum absolute atomic E-state index is 0.0454. The molecule has 0 spiro atoms. The van der Waals surface area contributed by atoms with Crippen molar-refractivity contribution >= 4 is 23.2 Å². The molecule has 1 saturated carbocycles. The number of hydrogen-bond acceptors (Lipinski definition) is 5. The number of nitrogens with one attached hydrogen (secondary N) is 1. The number of benzene rings is 1. The van der Waals surface area contributed by atoms with Crippen LogP contribution < -0.4 is 16.0 Å². The first-order valence-electron chi connectivity index (χ1n) is 9.66. The molecular weight excluding hydrogens is 408 g/mol. The van der Waals surface area contributed by atoms with E-state index in [0.717, 1.165) is 6.07 Å². The molecule has 7 nitrogen and oxygen atoms in total. The monoisotopic (exact) mass is 432 g/mol. The van der Waals surface area contributed by atoms with Crippen molar-refractivity contribution < 1.29 is 31.9 Å². The van der Waals surface area contributed by atoms with Crippen LogP contribution in [0.25, 0.3) is 0 Å². The Morgan fingerprint density at radius 3 is 2.60 bits per heavy atom. The third-order valence-electron chi connectivity index (χ3n) is 5.10. The van der Waals surface area contributed by atoms with Crippen LogP contribution in [0.15, 0.2) is 18.2 Å². The summed E-state index contributed by atoms with van der Waals surface area (Å²) in [6.07, 6.45) is -4.11. The van der Waals surface area contributed by atoms with Gasteiger partial charge in [-0.1, -0.05) is 0 Å². The Bertz CT molecular complexity index is 776. The van der Waals surface area contributed by atoms with Gasteiger partial charge < -0.3 is 20.7 Å². The second-order valence-corrected chi connectivity index (χ2v) is 7.23. The van der Waals surface area contributed by atoms with Gasteiger partial charge in [-0.25, -0.2) is 17.6 Å². The summed E-state index contributed by atoms with van der Waals surface area (Å²) in [5.41, 5.74) is 5.36.